The number of aromatic carboxylic acids is 1. The number of carbonyl (C=O) groups is 1. The van der Waals surface area contributed by atoms with Crippen LogP contribution in [0.15, 0.2) is 35.7 Å². The predicted octanol–water partition coefficient (Wildman–Crippen LogP) is 2.58. The minimum Gasteiger partial charge on any atom is -0.476 e. The fourth-order valence-corrected chi connectivity index (χ4v) is 1.78. The Hall–Kier alpha value is -1.88. The van der Waals surface area contributed by atoms with E-state index in [9.17, 15) is 4.79 Å². The van der Waals surface area contributed by atoms with E-state index in [1.54, 1.807) is 0 Å². The molecule has 0 spiro atoms. The third kappa shape index (κ3) is 2.32. The molecule has 0 unspecified atom stereocenters. The molecule has 4 nitrogen and oxygen atoms in total. The summed E-state index contributed by atoms with van der Waals surface area (Å²) in [5, 5.41) is 13.8. The Morgan fingerprint density at radius 2 is 2.07 bits per heavy atom. The molecule has 0 saturated carbocycles. The van der Waals surface area contributed by atoms with Crippen LogP contribution in [0, 0.1) is 0 Å². The van der Waals surface area contributed by atoms with Crippen LogP contribution in [0.5, 0.6) is 0 Å². The molecular weight excluding hydrogens is 212 g/mol. The van der Waals surface area contributed by atoms with Crippen molar-refractivity contribution in [3.05, 3.63) is 41.4 Å². The van der Waals surface area contributed by atoms with Crippen LogP contribution >= 0.6 is 11.3 Å². The van der Waals surface area contributed by atoms with Crippen molar-refractivity contribution in [3.8, 4) is 0 Å². The summed E-state index contributed by atoms with van der Waals surface area (Å²) in [6, 6.07) is 9.49. The number of anilines is 2. The van der Waals surface area contributed by atoms with Crippen molar-refractivity contribution in [2.45, 2.75) is 0 Å². The average Bonchev–Trinajstić information content (AvgIpc) is 2.68. The molecule has 1 aromatic heterocycles. The Bertz CT molecular complexity index is 467. The van der Waals surface area contributed by atoms with Crippen LogP contribution in [-0.2, 0) is 0 Å². The molecule has 0 aliphatic heterocycles. The third-order valence-corrected chi connectivity index (χ3v) is 2.51. The second-order valence-electron chi connectivity index (χ2n) is 2.83. The molecule has 5 heteroatoms. The monoisotopic (exact) mass is 220 g/mol. The van der Waals surface area contributed by atoms with Gasteiger partial charge in [-0.05, 0) is 12.1 Å². The standard InChI is InChI=1S/C10H8N2O2S/c13-9(14)8-6-15-10(12-8)11-7-4-2-1-3-5-7/h1-6H,(H,11,12)(H,13,14). The first-order valence-electron chi connectivity index (χ1n) is 4.26. The van der Waals surface area contributed by atoms with Crippen molar-refractivity contribution in [3.63, 3.8) is 0 Å². The number of carboxylic acid groups (broad SMARTS) is 1. The highest BCUT2D eigenvalue weighted by molar-refractivity contribution is 7.14. The van der Waals surface area contributed by atoms with E-state index in [1.807, 2.05) is 30.3 Å². The van der Waals surface area contributed by atoms with Crippen molar-refractivity contribution in [1.82, 2.24) is 4.98 Å². The fourth-order valence-electron chi connectivity index (χ4n) is 1.07. The Morgan fingerprint density at radius 3 is 2.67 bits per heavy atom. The van der Waals surface area contributed by atoms with Crippen LogP contribution in [0.4, 0.5) is 10.8 Å². The highest BCUT2D eigenvalue weighted by Crippen LogP contribution is 2.20. The second kappa shape index (κ2) is 4.10. The summed E-state index contributed by atoms with van der Waals surface area (Å²) in [6.45, 7) is 0. The maximum Gasteiger partial charge on any atom is 0.355 e. The molecule has 2 aromatic rings. The molecule has 0 aliphatic rings. The summed E-state index contributed by atoms with van der Waals surface area (Å²) >= 11 is 1.27. The fraction of sp³-hybridized carbons (Fsp3) is 0. The SMILES string of the molecule is O=C(O)c1csc(Nc2ccccc2)n1. The quantitative estimate of drug-likeness (QED) is 0.834. The van der Waals surface area contributed by atoms with Gasteiger partial charge >= 0.3 is 5.97 Å². The number of nitrogens with zero attached hydrogens (tertiary/aromatic N) is 1. The van der Waals surface area contributed by atoms with Gasteiger partial charge in [0, 0.05) is 11.1 Å². The Kier molecular flexibility index (Phi) is 2.64. The maximum absolute atomic E-state index is 10.6. The summed E-state index contributed by atoms with van der Waals surface area (Å²) in [6.07, 6.45) is 0. The molecule has 2 N–H and O–H groups in total. The van der Waals surface area contributed by atoms with Crippen molar-refractivity contribution >= 4 is 28.1 Å². The molecule has 0 fully saturated rings. The molecule has 15 heavy (non-hydrogen) atoms. The normalized spacial score (nSPS) is 9.87. The molecule has 76 valence electrons. The van der Waals surface area contributed by atoms with E-state index < -0.39 is 5.97 Å². The number of nitrogens with one attached hydrogen (secondary N) is 1. The van der Waals surface area contributed by atoms with Gasteiger partial charge in [0.15, 0.2) is 10.8 Å². The van der Waals surface area contributed by atoms with Crippen molar-refractivity contribution in [2.75, 3.05) is 5.32 Å². The lowest BCUT2D eigenvalue weighted by atomic mass is 10.3. The predicted molar refractivity (Wildman–Crippen MR) is 58.8 cm³/mol. The van der Waals surface area contributed by atoms with Gasteiger partial charge in [-0.1, -0.05) is 18.2 Å². The zero-order chi connectivity index (χ0) is 10.7. The first kappa shape index (κ1) is 9.67. The van der Waals surface area contributed by atoms with Gasteiger partial charge in [-0.2, -0.15) is 0 Å². The number of carboxylic acids is 1. The number of aromatic nitrogens is 1. The molecule has 2 rings (SSSR count). The van der Waals surface area contributed by atoms with Crippen molar-refractivity contribution in [2.24, 2.45) is 0 Å². The minimum absolute atomic E-state index is 0.0680. The van der Waals surface area contributed by atoms with E-state index in [0.717, 1.165) is 5.69 Å². The lowest BCUT2D eigenvalue weighted by Gasteiger charge is -2.00. The Labute approximate surface area is 90.2 Å². The van der Waals surface area contributed by atoms with Crippen LogP contribution in [-0.4, -0.2) is 16.1 Å². The van der Waals surface area contributed by atoms with E-state index in [2.05, 4.69) is 10.3 Å². The van der Waals surface area contributed by atoms with Gasteiger partial charge in [0.05, 0.1) is 0 Å². The van der Waals surface area contributed by atoms with E-state index in [0.29, 0.717) is 5.13 Å². The molecule has 0 saturated heterocycles. The van der Waals surface area contributed by atoms with Gasteiger partial charge in [0.1, 0.15) is 0 Å². The molecule has 0 radical (unpaired) electrons. The van der Waals surface area contributed by atoms with Gasteiger partial charge in [-0.15, -0.1) is 11.3 Å². The van der Waals surface area contributed by atoms with Gasteiger partial charge in [0.25, 0.3) is 0 Å². The first-order valence-corrected chi connectivity index (χ1v) is 5.14. The Balaban J connectivity index is 2.15. The van der Waals surface area contributed by atoms with E-state index in [-0.39, 0.29) is 5.69 Å². The second-order valence-corrected chi connectivity index (χ2v) is 3.69. The summed E-state index contributed by atoms with van der Waals surface area (Å²) in [5.41, 5.74) is 0.960. The molecule has 0 bridgehead atoms. The van der Waals surface area contributed by atoms with Crippen molar-refractivity contribution in [1.29, 1.82) is 0 Å². The highest BCUT2D eigenvalue weighted by atomic mass is 32.1. The number of thiazole rings is 1. The van der Waals surface area contributed by atoms with E-state index in [1.165, 1.54) is 16.7 Å². The zero-order valence-corrected chi connectivity index (χ0v) is 8.49. The maximum atomic E-state index is 10.6. The van der Waals surface area contributed by atoms with Gasteiger partial charge < -0.3 is 10.4 Å². The van der Waals surface area contributed by atoms with Crippen LogP contribution < -0.4 is 5.32 Å². The van der Waals surface area contributed by atoms with Gasteiger partial charge in [-0.3, -0.25) is 0 Å². The van der Waals surface area contributed by atoms with E-state index >= 15 is 0 Å². The van der Waals surface area contributed by atoms with Gasteiger partial charge in [-0.25, -0.2) is 9.78 Å². The van der Waals surface area contributed by atoms with E-state index in [4.69, 9.17) is 5.11 Å². The average molecular weight is 220 g/mol. The molecule has 0 aliphatic carbocycles. The molecule has 1 heterocycles. The summed E-state index contributed by atoms with van der Waals surface area (Å²) in [4.78, 5) is 14.5. The molecule has 0 atom stereocenters. The molecule has 0 amide bonds. The number of hydrogen-bond acceptors (Lipinski definition) is 4. The van der Waals surface area contributed by atoms with Crippen LogP contribution in [0.25, 0.3) is 0 Å². The third-order valence-electron chi connectivity index (χ3n) is 1.75. The lowest BCUT2D eigenvalue weighted by Crippen LogP contribution is -1.96. The smallest absolute Gasteiger partial charge is 0.355 e. The van der Waals surface area contributed by atoms with Crippen molar-refractivity contribution < 1.29 is 9.90 Å². The van der Waals surface area contributed by atoms with Crippen LogP contribution in [0.2, 0.25) is 0 Å². The summed E-state index contributed by atoms with van der Waals surface area (Å²) in [5.74, 6) is -1.01. The number of benzene rings is 1. The lowest BCUT2D eigenvalue weighted by molar-refractivity contribution is 0.0691. The van der Waals surface area contributed by atoms with Gasteiger partial charge in [0.2, 0.25) is 0 Å². The molecular formula is C10H8N2O2S. The van der Waals surface area contributed by atoms with Crippen LogP contribution in [0.3, 0.4) is 0 Å². The summed E-state index contributed by atoms with van der Waals surface area (Å²) < 4.78 is 0. The first-order chi connectivity index (χ1) is 7.25. The number of para-hydroxylation sites is 1. The zero-order valence-electron chi connectivity index (χ0n) is 7.68. The Morgan fingerprint density at radius 1 is 1.33 bits per heavy atom. The summed E-state index contributed by atoms with van der Waals surface area (Å²) in [7, 11) is 0. The topological polar surface area (TPSA) is 62.2 Å². The number of hydrogen-bond donors (Lipinski definition) is 2. The highest BCUT2D eigenvalue weighted by Gasteiger charge is 2.07. The van der Waals surface area contributed by atoms with Crippen LogP contribution in [0.1, 0.15) is 10.5 Å². The molecule has 1 aromatic carbocycles. The number of rotatable bonds is 3. The minimum atomic E-state index is -1.01. The largest absolute Gasteiger partial charge is 0.476 e.